The highest BCUT2D eigenvalue weighted by atomic mass is 15.4. The lowest BCUT2D eigenvalue weighted by atomic mass is 10.3. The Morgan fingerprint density at radius 2 is 1.86 bits per heavy atom. The van der Waals surface area contributed by atoms with Gasteiger partial charge >= 0.3 is 0 Å². The van der Waals surface area contributed by atoms with Gasteiger partial charge < -0.3 is 15.5 Å². The summed E-state index contributed by atoms with van der Waals surface area (Å²) in [7, 11) is 0. The first-order valence-corrected chi connectivity index (χ1v) is 7.91. The van der Waals surface area contributed by atoms with E-state index < -0.39 is 0 Å². The molecule has 0 bridgehead atoms. The van der Waals surface area contributed by atoms with Gasteiger partial charge in [0.1, 0.15) is 0 Å². The SMILES string of the molecule is NC(=N[C@@H]1C[C@H]1C1CC1)N1CCN(c2ncccn2)CC1. The Kier molecular flexibility index (Phi) is 3.16. The second-order valence-corrected chi connectivity index (χ2v) is 6.31. The maximum atomic E-state index is 6.18. The average molecular weight is 286 g/mol. The van der Waals surface area contributed by atoms with Gasteiger partial charge in [0.25, 0.3) is 0 Å². The van der Waals surface area contributed by atoms with E-state index in [1.165, 1.54) is 19.3 Å². The zero-order valence-corrected chi connectivity index (χ0v) is 12.2. The molecule has 1 saturated heterocycles. The largest absolute Gasteiger partial charge is 0.370 e. The molecule has 2 N–H and O–H groups in total. The molecule has 1 aliphatic heterocycles. The summed E-state index contributed by atoms with van der Waals surface area (Å²) in [5, 5.41) is 0. The van der Waals surface area contributed by atoms with Crippen LogP contribution in [-0.2, 0) is 0 Å². The molecule has 6 nitrogen and oxygen atoms in total. The first-order chi connectivity index (χ1) is 10.3. The van der Waals surface area contributed by atoms with Gasteiger partial charge in [-0.15, -0.1) is 0 Å². The van der Waals surface area contributed by atoms with Crippen molar-refractivity contribution in [3.05, 3.63) is 18.5 Å². The van der Waals surface area contributed by atoms with Crippen LogP contribution >= 0.6 is 0 Å². The number of piperazine rings is 1. The van der Waals surface area contributed by atoms with E-state index in [0.29, 0.717) is 6.04 Å². The minimum absolute atomic E-state index is 0.507. The number of anilines is 1. The van der Waals surface area contributed by atoms with E-state index >= 15 is 0 Å². The number of aliphatic imine (C=N–C) groups is 1. The Labute approximate surface area is 125 Å². The number of hydrogen-bond acceptors (Lipinski definition) is 4. The summed E-state index contributed by atoms with van der Waals surface area (Å²) in [6.45, 7) is 3.59. The summed E-state index contributed by atoms with van der Waals surface area (Å²) >= 11 is 0. The molecule has 1 aromatic heterocycles. The lowest BCUT2D eigenvalue weighted by Gasteiger charge is -2.35. The van der Waals surface area contributed by atoms with Gasteiger partial charge in [-0.05, 0) is 37.2 Å². The first kappa shape index (κ1) is 12.9. The van der Waals surface area contributed by atoms with Crippen LogP contribution < -0.4 is 10.6 Å². The van der Waals surface area contributed by atoms with Crippen molar-refractivity contribution >= 4 is 11.9 Å². The van der Waals surface area contributed by atoms with E-state index in [2.05, 4.69) is 19.8 Å². The quantitative estimate of drug-likeness (QED) is 0.654. The van der Waals surface area contributed by atoms with Gasteiger partial charge in [-0.3, -0.25) is 0 Å². The van der Waals surface area contributed by atoms with E-state index in [1.54, 1.807) is 12.4 Å². The maximum absolute atomic E-state index is 6.18. The van der Waals surface area contributed by atoms with Crippen molar-refractivity contribution in [2.45, 2.75) is 25.3 Å². The number of guanidine groups is 1. The van der Waals surface area contributed by atoms with Crippen molar-refractivity contribution in [3.63, 3.8) is 0 Å². The number of nitrogens with zero attached hydrogens (tertiary/aromatic N) is 5. The Balaban J connectivity index is 1.31. The molecule has 2 heterocycles. The predicted octanol–water partition coefficient (Wildman–Crippen LogP) is 0.712. The Bertz CT molecular complexity index is 518. The van der Waals surface area contributed by atoms with Crippen molar-refractivity contribution in [2.24, 2.45) is 22.6 Å². The van der Waals surface area contributed by atoms with Crippen LogP contribution in [0.25, 0.3) is 0 Å². The van der Waals surface area contributed by atoms with Crippen molar-refractivity contribution in [1.82, 2.24) is 14.9 Å². The predicted molar refractivity (Wildman–Crippen MR) is 82.1 cm³/mol. The van der Waals surface area contributed by atoms with Gasteiger partial charge in [0, 0.05) is 38.6 Å². The van der Waals surface area contributed by atoms with E-state index in [9.17, 15) is 0 Å². The molecular weight excluding hydrogens is 264 g/mol. The molecule has 112 valence electrons. The van der Waals surface area contributed by atoms with E-state index in [-0.39, 0.29) is 0 Å². The van der Waals surface area contributed by atoms with Gasteiger partial charge in [-0.2, -0.15) is 0 Å². The smallest absolute Gasteiger partial charge is 0.225 e. The first-order valence-electron chi connectivity index (χ1n) is 7.91. The summed E-state index contributed by atoms with van der Waals surface area (Å²) in [5.41, 5.74) is 6.18. The van der Waals surface area contributed by atoms with Crippen molar-refractivity contribution in [1.29, 1.82) is 0 Å². The second kappa shape index (κ2) is 5.16. The molecule has 0 radical (unpaired) electrons. The summed E-state index contributed by atoms with van der Waals surface area (Å²) < 4.78 is 0. The Morgan fingerprint density at radius 1 is 1.14 bits per heavy atom. The molecule has 0 aromatic carbocycles. The monoisotopic (exact) mass is 286 g/mol. The molecule has 1 aromatic rings. The molecule has 2 atom stereocenters. The van der Waals surface area contributed by atoms with Gasteiger partial charge in [0.05, 0.1) is 6.04 Å². The standard InChI is InChI=1S/C15H22N6/c16-14(19-13-10-12(13)11-2-3-11)20-6-8-21(9-7-20)15-17-4-1-5-18-15/h1,4-5,11-13H,2-3,6-10H2,(H2,16,19)/t12-,13+/m0/s1. The fraction of sp³-hybridized carbons (Fsp3) is 0.667. The molecule has 0 unspecified atom stereocenters. The molecule has 21 heavy (non-hydrogen) atoms. The van der Waals surface area contributed by atoms with Crippen molar-refractivity contribution in [3.8, 4) is 0 Å². The Hall–Kier alpha value is -1.85. The summed E-state index contributed by atoms with van der Waals surface area (Å²) in [4.78, 5) is 17.7. The van der Waals surface area contributed by atoms with Crippen LogP contribution in [0.4, 0.5) is 5.95 Å². The van der Waals surface area contributed by atoms with Crippen LogP contribution in [0.2, 0.25) is 0 Å². The van der Waals surface area contributed by atoms with Crippen LogP contribution in [0.1, 0.15) is 19.3 Å². The third-order valence-corrected chi connectivity index (χ3v) is 4.77. The number of rotatable bonds is 3. The molecule has 4 rings (SSSR count). The third kappa shape index (κ3) is 2.80. The lowest BCUT2D eigenvalue weighted by molar-refractivity contribution is 0.377. The molecule has 2 aliphatic carbocycles. The minimum Gasteiger partial charge on any atom is -0.370 e. The van der Waals surface area contributed by atoms with Crippen LogP contribution in [-0.4, -0.2) is 53.0 Å². The molecule has 6 heteroatoms. The van der Waals surface area contributed by atoms with Crippen LogP contribution in [0.15, 0.2) is 23.5 Å². The zero-order chi connectivity index (χ0) is 14.2. The van der Waals surface area contributed by atoms with Crippen LogP contribution in [0.5, 0.6) is 0 Å². The number of aromatic nitrogens is 2. The topological polar surface area (TPSA) is 70.6 Å². The van der Waals surface area contributed by atoms with Gasteiger partial charge in [-0.1, -0.05) is 0 Å². The summed E-state index contributed by atoms with van der Waals surface area (Å²) in [5.74, 6) is 3.33. The van der Waals surface area contributed by atoms with E-state index in [4.69, 9.17) is 10.7 Å². The van der Waals surface area contributed by atoms with Gasteiger partial charge in [0.15, 0.2) is 5.96 Å². The van der Waals surface area contributed by atoms with Crippen molar-refractivity contribution in [2.75, 3.05) is 31.1 Å². The second-order valence-electron chi connectivity index (χ2n) is 6.31. The molecular formula is C15H22N6. The van der Waals surface area contributed by atoms with Crippen LogP contribution in [0, 0.1) is 11.8 Å². The third-order valence-electron chi connectivity index (χ3n) is 4.77. The maximum Gasteiger partial charge on any atom is 0.225 e. The van der Waals surface area contributed by atoms with E-state index in [0.717, 1.165) is 49.9 Å². The highest BCUT2D eigenvalue weighted by Gasteiger charge is 2.47. The van der Waals surface area contributed by atoms with E-state index in [1.807, 2.05) is 6.07 Å². The molecule has 3 aliphatic rings. The highest BCUT2D eigenvalue weighted by Crippen LogP contribution is 2.51. The fourth-order valence-electron chi connectivity index (χ4n) is 3.22. The average Bonchev–Trinajstić information content (AvgIpc) is 3.42. The summed E-state index contributed by atoms with van der Waals surface area (Å²) in [6, 6.07) is 2.35. The van der Waals surface area contributed by atoms with Gasteiger partial charge in [0.2, 0.25) is 5.95 Å². The molecule has 3 fully saturated rings. The van der Waals surface area contributed by atoms with Crippen LogP contribution in [0.3, 0.4) is 0 Å². The molecule has 0 amide bonds. The fourth-order valence-corrected chi connectivity index (χ4v) is 3.22. The van der Waals surface area contributed by atoms with Crippen molar-refractivity contribution < 1.29 is 0 Å². The normalized spacial score (nSPS) is 29.6. The highest BCUT2D eigenvalue weighted by molar-refractivity contribution is 5.78. The lowest BCUT2D eigenvalue weighted by Crippen LogP contribution is -2.51. The zero-order valence-electron chi connectivity index (χ0n) is 12.2. The molecule has 0 spiro atoms. The summed E-state index contributed by atoms with van der Waals surface area (Å²) in [6.07, 6.45) is 7.65. The minimum atomic E-state index is 0.507. The Morgan fingerprint density at radius 3 is 2.52 bits per heavy atom. The number of hydrogen-bond donors (Lipinski definition) is 1. The number of nitrogens with two attached hydrogens (primary N) is 1. The molecule has 2 saturated carbocycles. The van der Waals surface area contributed by atoms with Gasteiger partial charge in [-0.25, -0.2) is 15.0 Å².